The fourth-order valence-corrected chi connectivity index (χ4v) is 3.03. The molecule has 1 fully saturated rings. The Hall–Kier alpha value is -1.58. The Morgan fingerprint density at radius 2 is 1.91 bits per heavy atom. The quantitative estimate of drug-likeness (QED) is 0.781. The second-order valence-electron chi connectivity index (χ2n) is 5.63. The van der Waals surface area contributed by atoms with Crippen LogP contribution in [-0.2, 0) is 11.2 Å². The molecule has 0 amide bonds. The van der Waals surface area contributed by atoms with Crippen molar-refractivity contribution in [2.24, 2.45) is 0 Å². The number of ether oxygens (including phenoxy) is 1. The number of hydrogen-bond acceptors (Lipinski definition) is 3. The number of rotatable bonds is 5. The molecule has 0 spiro atoms. The van der Waals surface area contributed by atoms with Gasteiger partial charge in [-0.3, -0.25) is 0 Å². The Morgan fingerprint density at radius 3 is 2.64 bits per heavy atom. The van der Waals surface area contributed by atoms with E-state index in [1.807, 2.05) is 18.2 Å². The van der Waals surface area contributed by atoms with E-state index in [9.17, 15) is 0 Å². The number of pyridine rings is 1. The molecular weight excluding hydrogens is 296 g/mol. The number of halogens is 1. The van der Waals surface area contributed by atoms with E-state index >= 15 is 0 Å². The number of hydrogen-bond donors (Lipinski definition) is 0. The smallest absolute Gasteiger partial charge is 0.131 e. The van der Waals surface area contributed by atoms with Crippen molar-refractivity contribution in [1.82, 2.24) is 4.98 Å². The first-order valence-electron chi connectivity index (χ1n) is 7.83. The average Bonchev–Trinajstić information content (AvgIpc) is 2.56. The maximum Gasteiger partial charge on any atom is 0.131 e. The van der Waals surface area contributed by atoms with E-state index < -0.39 is 0 Å². The van der Waals surface area contributed by atoms with Gasteiger partial charge >= 0.3 is 0 Å². The molecule has 0 saturated carbocycles. The van der Waals surface area contributed by atoms with Crippen molar-refractivity contribution >= 4 is 17.3 Å². The maximum absolute atomic E-state index is 6.03. The fraction of sp³-hybridized carbons (Fsp3) is 0.389. The van der Waals surface area contributed by atoms with Crippen LogP contribution in [0.1, 0.15) is 18.4 Å². The summed E-state index contributed by atoms with van der Waals surface area (Å²) in [4.78, 5) is 6.38. The predicted octanol–water partition coefficient (Wildman–Crippen LogP) is 3.96. The summed E-state index contributed by atoms with van der Waals surface area (Å²) >= 11 is 5.96. The van der Waals surface area contributed by atoms with Gasteiger partial charge in [0.1, 0.15) is 5.15 Å². The molecular formula is C18H21ClN2O. The lowest BCUT2D eigenvalue weighted by molar-refractivity contribution is 0.0390. The Morgan fingerprint density at radius 1 is 1.14 bits per heavy atom. The highest BCUT2D eigenvalue weighted by Crippen LogP contribution is 2.23. The zero-order valence-electron chi connectivity index (χ0n) is 12.6. The number of anilines is 1. The second kappa shape index (κ2) is 7.61. The van der Waals surface area contributed by atoms with Crippen LogP contribution in [0, 0.1) is 0 Å². The molecule has 1 saturated heterocycles. The van der Waals surface area contributed by atoms with Crippen LogP contribution in [0.2, 0.25) is 5.15 Å². The summed E-state index contributed by atoms with van der Waals surface area (Å²) < 4.78 is 6.03. The minimum atomic E-state index is 0.372. The number of aromatic nitrogens is 1. The average molecular weight is 317 g/mol. The molecule has 1 aliphatic rings. The van der Waals surface area contributed by atoms with E-state index in [2.05, 4.69) is 34.1 Å². The van der Waals surface area contributed by atoms with Gasteiger partial charge in [-0.1, -0.05) is 41.9 Å². The van der Waals surface area contributed by atoms with Gasteiger partial charge < -0.3 is 9.64 Å². The highest BCUT2D eigenvalue weighted by molar-refractivity contribution is 6.29. The molecule has 0 N–H and O–H groups in total. The van der Waals surface area contributed by atoms with Crippen LogP contribution in [-0.4, -0.2) is 30.8 Å². The predicted molar refractivity (Wildman–Crippen MR) is 90.6 cm³/mol. The van der Waals surface area contributed by atoms with Crippen molar-refractivity contribution in [3.05, 3.63) is 59.4 Å². The lowest BCUT2D eigenvalue weighted by atomic mass is 10.1. The van der Waals surface area contributed by atoms with Crippen LogP contribution in [0.15, 0.2) is 48.7 Å². The van der Waals surface area contributed by atoms with E-state index in [0.717, 1.165) is 44.6 Å². The van der Waals surface area contributed by atoms with Gasteiger partial charge in [0.25, 0.3) is 0 Å². The van der Waals surface area contributed by atoms with E-state index in [1.165, 1.54) is 5.56 Å². The summed E-state index contributed by atoms with van der Waals surface area (Å²) in [5.41, 5.74) is 2.49. The van der Waals surface area contributed by atoms with Gasteiger partial charge in [-0.2, -0.15) is 0 Å². The van der Waals surface area contributed by atoms with E-state index in [0.29, 0.717) is 11.3 Å². The van der Waals surface area contributed by atoms with E-state index in [4.69, 9.17) is 16.3 Å². The molecule has 1 aromatic heterocycles. The van der Waals surface area contributed by atoms with Crippen LogP contribution >= 0.6 is 11.6 Å². The molecule has 0 unspecified atom stereocenters. The van der Waals surface area contributed by atoms with Crippen LogP contribution in [0.4, 0.5) is 5.69 Å². The van der Waals surface area contributed by atoms with Crippen molar-refractivity contribution < 1.29 is 4.74 Å². The van der Waals surface area contributed by atoms with Crippen LogP contribution in [0.25, 0.3) is 0 Å². The number of piperidine rings is 1. The Labute approximate surface area is 136 Å². The molecule has 4 heteroatoms. The molecule has 2 heterocycles. The minimum Gasteiger partial charge on any atom is -0.378 e. The molecule has 0 radical (unpaired) electrons. The highest BCUT2D eigenvalue weighted by atomic mass is 35.5. The fourth-order valence-electron chi connectivity index (χ4n) is 2.86. The standard InChI is InChI=1S/C18H21ClN2O/c19-18-14-16(6-10-20-18)21-11-7-17(8-12-21)22-13-9-15-4-2-1-3-5-15/h1-6,10,14,17H,7-9,11-13H2. The van der Waals surface area contributed by atoms with Crippen molar-refractivity contribution in [2.45, 2.75) is 25.4 Å². The van der Waals surface area contributed by atoms with Gasteiger partial charge in [-0.15, -0.1) is 0 Å². The van der Waals surface area contributed by atoms with E-state index in [1.54, 1.807) is 6.20 Å². The van der Waals surface area contributed by atoms with Gasteiger partial charge in [-0.05, 0) is 37.0 Å². The number of nitrogens with zero attached hydrogens (tertiary/aromatic N) is 2. The van der Waals surface area contributed by atoms with Crippen LogP contribution in [0.5, 0.6) is 0 Å². The third-order valence-electron chi connectivity index (χ3n) is 4.10. The van der Waals surface area contributed by atoms with Crippen molar-refractivity contribution in [2.75, 3.05) is 24.6 Å². The number of benzene rings is 1. The molecule has 0 bridgehead atoms. The minimum absolute atomic E-state index is 0.372. The Balaban J connectivity index is 1.42. The molecule has 116 valence electrons. The topological polar surface area (TPSA) is 25.4 Å². The zero-order chi connectivity index (χ0) is 15.2. The molecule has 1 aliphatic heterocycles. The third kappa shape index (κ3) is 4.21. The SMILES string of the molecule is Clc1cc(N2CCC(OCCc3ccccc3)CC2)ccn1. The first-order valence-corrected chi connectivity index (χ1v) is 8.21. The maximum atomic E-state index is 6.03. The van der Waals surface area contributed by atoms with Gasteiger partial charge in [0.05, 0.1) is 12.7 Å². The Kier molecular flexibility index (Phi) is 5.30. The molecule has 3 nitrogen and oxygen atoms in total. The molecule has 0 atom stereocenters. The Bertz CT molecular complexity index is 583. The van der Waals surface area contributed by atoms with Gasteiger partial charge in [0.2, 0.25) is 0 Å². The lowest BCUT2D eigenvalue weighted by Crippen LogP contribution is -2.37. The van der Waals surface area contributed by atoms with Crippen molar-refractivity contribution in [1.29, 1.82) is 0 Å². The first kappa shape index (κ1) is 15.3. The lowest BCUT2D eigenvalue weighted by Gasteiger charge is -2.33. The molecule has 3 rings (SSSR count). The molecule has 22 heavy (non-hydrogen) atoms. The molecule has 2 aromatic rings. The largest absolute Gasteiger partial charge is 0.378 e. The molecule has 0 aliphatic carbocycles. The zero-order valence-corrected chi connectivity index (χ0v) is 13.4. The third-order valence-corrected chi connectivity index (χ3v) is 4.31. The van der Waals surface area contributed by atoms with Crippen molar-refractivity contribution in [3.63, 3.8) is 0 Å². The summed E-state index contributed by atoms with van der Waals surface area (Å²) in [7, 11) is 0. The summed E-state index contributed by atoms with van der Waals surface area (Å²) in [5.74, 6) is 0. The normalized spacial score (nSPS) is 16.0. The summed E-state index contributed by atoms with van der Waals surface area (Å²) in [5, 5.41) is 0.554. The first-order chi connectivity index (χ1) is 10.8. The molecule has 1 aromatic carbocycles. The van der Waals surface area contributed by atoms with E-state index in [-0.39, 0.29) is 0 Å². The summed E-state index contributed by atoms with van der Waals surface area (Å²) in [6, 6.07) is 14.5. The van der Waals surface area contributed by atoms with Crippen LogP contribution < -0.4 is 4.90 Å². The van der Waals surface area contributed by atoms with Gasteiger partial charge in [-0.25, -0.2) is 4.98 Å². The van der Waals surface area contributed by atoms with Crippen molar-refractivity contribution in [3.8, 4) is 0 Å². The summed E-state index contributed by atoms with van der Waals surface area (Å²) in [6.45, 7) is 2.82. The second-order valence-corrected chi connectivity index (χ2v) is 6.02. The van der Waals surface area contributed by atoms with Gasteiger partial charge in [0.15, 0.2) is 0 Å². The van der Waals surface area contributed by atoms with Crippen LogP contribution in [0.3, 0.4) is 0 Å². The highest BCUT2D eigenvalue weighted by Gasteiger charge is 2.20. The monoisotopic (exact) mass is 316 g/mol. The van der Waals surface area contributed by atoms with Gasteiger partial charge in [0, 0.05) is 25.0 Å². The summed E-state index contributed by atoms with van der Waals surface area (Å²) in [6.07, 6.45) is 5.25.